The van der Waals surface area contributed by atoms with Gasteiger partial charge in [0.25, 0.3) is 0 Å². The van der Waals surface area contributed by atoms with Crippen molar-refractivity contribution in [2.75, 3.05) is 37.3 Å². The Morgan fingerprint density at radius 2 is 2.21 bits per heavy atom. The highest BCUT2D eigenvalue weighted by Crippen LogP contribution is 2.25. The van der Waals surface area contributed by atoms with Crippen LogP contribution in [-0.2, 0) is 4.79 Å². The summed E-state index contributed by atoms with van der Waals surface area (Å²) in [6, 6.07) is 1.35. The van der Waals surface area contributed by atoms with Crippen LogP contribution in [0.5, 0.6) is 0 Å². The number of carboxylic acids is 1. The molecule has 2 rings (SSSR count). The van der Waals surface area contributed by atoms with Crippen LogP contribution in [0.3, 0.4) is 0 Å². The second-order valence-corrected chi connectivity index (χ2v) is 4.49. The SMILES string of the molecule is CN1CCCN(c2nccc(C(=O)O)c2N)CC1=O. The fourth-order valence-corrected chi connectivity index (χ4v) is 2.07. The van der Waals surface area contributed by atoms with Gasteiger partial charge in [0, 0.05) is 26.3 Å². The molecule has 102 valence electrons. The number of amides is 1. The normalized spacial score (nSPS) is 16.4. The lowest BCUT2D eigenvalue weighted by Crippen LogP contribution is -2.35. The first-order valence-electron chi connectivity index (χ1n) is 5.97. The Hall–Kier alpha value is -2.31. The van der Waals surface area contributed by atoms with Crippen molar-refractivity contribution in [1.29, 1.82) is 0 Å². The minimum Gasteiger partial charge on any atom is -0.478 e. The molecule has 19 heavy (non-hydrogen) atoms. The standard InChI is InChI=1S/C12H16N4O3/c1-15-5-2-6-16(7-9(15)17)11-10(13)8(12(18)19)3-4-14-11/h3-4H,2,5-7,13H2,1H3,(H,18,19). The molecule has 1 fully saturated rings. The lowest BCUT2D eigenvalue weighted by molar-refractivity contribution is -0.127. The largest absolute Gasteiger partial charge is 0.478 e. The number of nitrogens with two attached hydrogens (primary N) is 1. The number of carbonyl (C=O) groups is 2. The number of pyridine rings is 1. The Morgan fingerprint density at radius 1 is 1.47 bits per heavy atom. The van der Waals surface area contributed by atoms with Crippen LogP contribution in [0.2, 0.25) is 0 Å². The number of hydrogen-bond donors (Lipinski definition) is 2. The zero-order chi connectivity index (χ0) is 14.0. The maximum Gasteiger partial charge on any atom is 0.337 e. The van der Waals surface area contributed by atoms with Crippen LogP contribution in [0.25, 0.3) is 0 Å². The maximum absolute atomic E-state index is 11.8. The Bertz CT molecular complexity index is 518. The van der Waals surface area contributed by atoms with E-state index < -0.39 is 5.97 Å². The number of aromatic nitrogens is 1. The van der Waals surface area contributed by atoms with E-state index in [1.54, 1.807) is 16.8 Å². The number of carbonyl (C=O) groups excluding carboxylic acids is 1. The van der Waals surface area contributed by atoms with Crippen LogP contribution in [0.1, 0.15) is 16.8 Å². The molecule has 0 atom stereocenters. The summed E-state index contributed by atoms with van der Waals surface area (Å²) in [6.07, 6.45) is 2.19. The van der Waals surface area contributed by atoms with Gasteiger partial charge in [0.1, 0.15) is 0 Å². The summed E-state index contributed by atoms with van der Waals surface area (Å²) in [5.74, 6) is -0.762. The Balaban J connectivity index is 2.33. The van der Waals surface area contributed by atoms with Gasteiger partial charge in [-0.1, -0.05) is 0 Å². The van der Waals surface area contributed by atoms with Gasteiger partial charge in [-0.05, 0) is 12.5 Å². The molecule has 3 N–H and O–H groups in total. The van der Waals surface area contributed by atoms with Crippen molar-refractivity contribution in [2.45, 2.75) is 6.42 Å². The number of aromatic carboxylic acids is 1. The first-order valence-corrected chi connectivity index (χ1v) is 5.97. The quantitative estimate of drug-likeness (QED) is 0.781. The average Bonchev–Trinajstić information content (AvgIpc) is 2.52. The number of nitrogens with zero attached hydrogens (tertiary/aromatic N) is 3. The molecule has 1 amide bonds. The smallest absolute Gasteiger partial charge is 0.337 e. The van der Waals surface area contributed by atoms with Crippen LogP contribution < -0.4 is 10.6 Å². The van der Waals surface area contributed by atoms with Crippen molar-refractivity contribution in [3.8, 4) is 0 Å². The van der Waals surface area contributed by atoms with Gasteiger partial charge in [0.2, 0.25) is 5.91 Å². The second kappa shape index (κ2) is 5.13. The fourth-order valence-electron chi connectivity index (χ4n) is 2.07. The van der Waals surface area contributed by atoms with Gasteiger partial charge < -0.3 is 20.6 Å². The summed E-state index contributed by atoms with van der Waals surface area (Å²) in [5.41, 5.74) is 5.95. The first-order chi connectivity index (χ1) is 9.00. The highest BCUT2D eigenvalue weighted by molar-refractivity contribution is 5.96. The topological polar surface area (TPSA) is 99.8 Å². The molecule has 7 nitrogen and oxygen atoms in total. The number of likely N-dealkylation sites (N-methyl/N-ethyl adjacent to an activating group) is 1. The van der Waals surface area contributed by atoms with E-state index >= 15 is 0 Å². The molecule has 1 aromatic heterocycles. The summed E-state index contributed by atoms with van der Waals surface area (Å²) >= 11 is 0. The molecule has 0 aliphatic carbocycles. The second-order valence-electron chi connectivity index (χ2n) is 4.49. The predicted molar refractivity (Wildman–Crippen MR) is 70.1 cm³/mol. The van der Waals surface area contributed by atoms with Crippen LogP contribution in [-0.4, -0.2) is 53.5 Å². The monoisotopic (exact) mass is 264 g/mol. The molecule has 0 bridgehead atoms. The van der Waals surface area contributed by atoms with Crippen molar-refractivity contribution in [3.05, 3.63) is 17.8 Å². The van der Waals surface area contributed by atoms with Crippen LogP contribution in [0, 0.1) is 0 Å². The fraction of sp³-hybridized carbons (Fsp3) is 0.417. The van der Waals surface area contributed by atoms with E-state index in [1.165, 1.54) is 12.3 Å². The molecule has 2 heterocycles. The summed E-state index contributed by atoms with van der Waals surface area (Å²) in [7, 11) is 1.75. The minimum atomic E-state index is -1.10. The predicted octanol–water partition coefficient (Wildman–Crippen LogP) is 0.0305. The Labute approximate surface area is 110 Å². The average molecular weight is 264 g/mol. The number of anilines is 2. The van der Waals surface area contributed by atoms with E-state index in [2.05, 4.69) is 4.98 Å². The molecular formula is C12H16N4O3. The van der Waals surface area contributed by atoms with E-state index in [0.29, 0.717) is 18.9 Å². The lowest BCUT2D eigenvalue weighted by atomic mass is 10.2. The van der Waals surface area contributed by atoms with Crippen LogP contribution in [0.15, 0.2) is 12.3 Å². The molecule has 1 aliphatic heterocycles. The van der Waals surface area contributed by atoms with E-state index in [4.69, 9.17) is 10.8 Å². The van der Waals surface area contributed by atoms with Gasteiger partial charge in [-0.25, -0.2) is 9.78 Å². The Kier molecular flexibility index (Phi) is 3.55. The summed E-state index contributed by atoms with van der Waals surface area (Å²) in [6.45, 7) is 1.46. The molecule has 0 radical (unpaired) electrons. The van der Waals surface area contributed by atoms with Crippen molar-refractivity contribution in [3.63, 3.8) is 0 Å². The van der Waals surface area contributed by atoms with E-state index in [1.807, 2.05) is 0 Å². The van der Waals surface area contributed by atoms with Gasteiger partial charge in [0.15, 0.2) is 5.82 Å². The molecule has 0 aromatic carbocycles. The van der Waals surface area contributed by atoms with E-state index in [-0.39, 0.29) is 23.7 Å². The molecule has 1 aliphatic rings. The zero-order valence-electron chi connectivity index (χ0n) is 10.7. The summed E-state index contributed by atoms with van der Waals surface area (Å²) in [5, 5.41) is 9.04. The summed E-state index contributed by atoms with van der Waals surface area (Å²) in [4.78, 5) is 30.4. The van der Waals surface area contributed by atoms with Gasteiger partial charge in [-0.3, -0.25) is 4.79 Å². The highest BCUT2D eigenvalue weighted by Gasteiger charge is 2.23. The number of nitrogen functional groups attached to an aromatic ring is 1. The molecule has 1 saturated heterocycles. The number of hydrogen-bond acceptors (Lipinski definition) is 5. The van der Waals surface area contributed by atoms with Gasteiger partial charge in [0.05, 0.1) is 17.8 Å². The van der Waals surface area contributed by atoms with Gasteiger partial charge in [-0.2, -0.15) is 0 Å². The van der Waals surface area contributed by atoms with Gasteiger partial charge in [-0.15, -0.1) is 0 Å². The molecular weight excluding hydrogens is 248 g/mol. The highest BCUT2D eigenvalue weighted by atomic mass is 16.4. The van der Waals surface area contributed by atoms with Crippen LogP contribution in [0.4, 0.5) is 11.5 Å². The first kappa shape index (κ1) is 13.1. The third-order valence-corrected chi connectivity index (χ3v) is 3.17. The number of carboxylic acid groups (broad SMARTS) is 1. The molecule has 1 aromatic rings. The lowest BCUT2D eigenvalue weighted by Gasteiger charge is -2.22. The molecule has 0 spiro atoms. The number of rotatable bonds is 2. The van der Waals surface area contributed by atoms with Gasteiger partial charge >= 0.3 is 5.97 Å². The van der Waals surface area contributed by atoms with Crippen molar-refractivity contribution < 1.29 is 14.7 Å². The summed E-state index contributed by atoms with van der Waals surface area (Å²) < 4.78 is 0. The van der Waals surface area contributed by atoms with Crippen molar-refractivity contribution in [2.24, 2.45) is 0 Å². The molecule has 0 saturated carbocycles. The maximum atomic E-state index is 11.8. The van der Waals surface area contributed by atoms with E-state index in [9.17, 15) is 9.59 Å². The van der Waals surface area contributed by atoms with Crippen LogP contribution >= 0.6 is 0 Å². The van der Waals surface area contributed by atoms with E-state index in [0.717, 1.165) is 6.42 Å². The molecule has 7 heteroatoms. The van der Waals surface area contributed by atoms with Crippen molar-refractivity contribution in [1.82, 2.24) is 9.88 Å². The Morgan fingerprint density at radius 3 is 2.89 bits per heavy atom. The minimum absolute atomic E-state index is 0.00931. The zero-order valence-corrected chi connectivity index (χ0v) is 10.7. The van der Waals surface area contributed by atoms with Crippen molar-refractivity contribution >= 4 is 23.4 Å². The third-order valence-electron chi connectivity index (χ3n) is 3.17. The molecule has 0 unspecified atom stereocenters. The third kappa shape index (κ3) is 2.59.